The average Bonchev–Trinajstić information content (AvgIpc) is 2.83. The van der Waals surface area contributed by atoms with Crippen molar-refractivity contribution in [1.29, 1.82) is 0 Å². The Balaban J connectivity index is 2.03. The van der Waals surface area contributed by atoms with E-state index < -0.39 is 6.03 Å². The van der Waals surface area contributed by atoms with Crippen LogP contribution in [0.15, 0.2) is 40.2 Å². The molecular formula is C14H14BrN3O2S. The Kier molecular flexibility index (Phi) is 4.98. The van der Waals surface area contributed by atoms with Crippen LogP contribution in [0.4, 0.5) is 10.5 Å². The lowest BCUT2D eigenvalue weighted by atomic mass is 10.2. The van der Waals surface area contributed by atoms with Crippen molar-refractivity contribution in [2.24, 2.45) is 5.73 Å². The van der Waals surface area contributed by atoms with Crippen molar-refractivity contribution in [3.05, 3.63) is 50.6 Å². The maximum Gasteiger partial charge on any atom is 0.316 e. The Labute approximate surface area is 134 Å². The van der Waals surface area contributed by atoms with Crippen LogP contribution in [0.1, 0.15) is 15.2 Å². The van der Waals surface area contributed by atoms with Gasteiger partial charge in [-0.3, -0.25) is 4.79 Å². The number of hydrogen-bond donors (Lipinski definition) is 2. The summed E-state index contributed by atoms with van der Waals surface area (Å²) >= 11 is 5.00. The van der Waals surface area contributed by atoms with Crippen molar-refractivity contribution in [2.45, 2.75) is 6.54 Å². The predicted molar refractivity (Wildman–Crippen MR) is 87.5 cm³/mol. The number of carbonyl (C=O) groups excluding carboxylic acids is 2. The fraction of sp³-hybridized carbons (Fsp3) is 0.143. The maximum atomic E-state index is 12.3. The molecule has 0 bridgehead atoms. The zero-order valence-electron chi connectivity index (χ0n) is 11.3. The van der Waals surface area contributed by atoms with Crippen LogP contribution in [0, 0.1) is 0 Å². The van der Waals surface area contributed by atoms with Gasteiger partial charge in [0.1, 0.15) is 0 Å². The van der Waals surface area contributed by atoms with Crippen LogP contribution in [0.2, 0.25) is 0 Å². The lowest BCUT2D eigenvalue weighted by Gasteiger charge is -2.16. The summed E-state index contributed by atoms with van der Waals surface area (Å²) in [6.07, 6.45) is 0. The quantitative estimate of drug-likeness (QED) is 0.869. The summed E-state index contributed by atoms with van der Waals surface area (Å²) in [5, 5.41) is 2.45. The number of amides is 3. The van der Waals surface area contributed by atoms with Crippen molar-refractivity contribution < 1.29 is 9.59 Å². The van der Waals surface area contributed by atoms with Crippen LogP contribution < -0.4 is 11.1 Å². The smallest absolute Gasteiger partial charge is 0.316 e. The third kappa shape index (κ3) is 4.30. The number of nitrogens with one attached hydrogen (secondary N) is 1. The molecule has 1 aromatic heterocycles. The second-order valence-electron chi connectivity index (χ2n) is 4.43. The number of carbonyl (C=O) groups is 2. The third-order valence-electron chi connectivity index (χ3n) is 2.77. The largest absolute Gasteiger partial charge is 0.351 e. The lowest BCUT2D eigenvalue weighted by Crippen LogP contribution is -2.25. The Morgan fingerprint density at radius 2 is 1.90 bits per heavy atom. The van der Waals surface area contributed by atoms with E-state index in [1.165, 1.54) is 0 Å². The summed E-state index contributed by atoms with van der Waals surface area (Å²) in [5.41, 5.74) is 6.15. The number of thiophene rings is 1. The van der Waals surface area contributed by atoms with E-state index in [9.17, 15) is 9.59 Å². The van der Waals surface area contributed by atoms with E-state index in [1.54, 1.807) is 47.5 Å². The monoisotopic (exact) mass is 367 g/mol. The van der Waals surface area contributed by atoms with Gasteiger partial charge in [-0.25, -0.2) is 4.79 Å². The molecular weight excluding hydrogens is 354 g/mol. The first kappa shape index (κ1) is 15.5. The molecule has 0 aliphatic rings. The fourth-order valence-corrected chi connectivity index (χ4v) is 3.34. The van der Waals surface area contributed by atoms with E-state index in [1.807, 2.05) is 12.1 Å². The minimum atomic E-state index is -0.630. The number of nitrogens with zero attached hydrogens (tertiary/aromatic N) is 1. The number of nitrogens with two attached hydrogens (primary N) is 1. The summed E-state index contributed by atoms with van der Waals surface area (Å²) in [6, 6.07) is 9.93. The Morgan fingerprint density at radius 3 is 2.43 bits per heavy atom. The SMILES string of the molecule is CN(Cc1ccc(Br)s1)C(=O)c1ccc(NC(N)=O)cc1. The summed E-state index contributed by atoms with van der Waals surface area (Å²) in [5.74, 6) is -0.0786. The van der Waals surface area contributed by atoms with E-state index in [4.69, 9.17) is 5.73 Å². The van der Waals surface area contributed by atoms with E-state index in [2.05, 4.69) is 21.2 Å². The molecule has 0 saturated heterocycles. The van der Waals surface area contributed by atoms with Crippen molar-refractivity contribution in [3.63, 3.8) is 0 Å². The first-order chi connectivity index (χ1) is 9.95. The first-order valence-electron chi connectivity index (χ1n) is 6.12. The fourth-order valence-electron chi connectivity index (χ4n) is 1.80. The summed E-state index contributed by atoms with van der Waals surface area (Å²) in [4.78, 5) is 25.8. The number of primary amides is 1. The molecule has 0 fully saturated rings. The highest BCUT2D eigenvalue weighted by molar-refractivity contribution is 9.11. The highest BCUT2D eigenvalue weighted by atomic mass is 79.9. The summed E-state index contributed by atoms with van der Waals surface area (Å²) in [6.45, 7) is 0.552. The van der Waals surface area contributed by atoms with Crippen molar-refractivity contribution in [2.75, 3.05) is 12.4 Å². The normalized spacial score (nSPS) is 10.2. The second-order valence-corrected chi connectivity index (χ2v) is 6.98. The number of rotatable bonds is 4. The van der Waals surface area contributed by atoms with Gasteiger partial charge in [0.2, 0.25) is 0 Å². The van der Waals surface area contributed by atoms with Gasteiger partial charge in [-0.05, 0) is 52.3 Å². The van der Waals surface area contributed by atoms with E-state index in [0.29, 0.717) is 17.8 Å². The van der Waals surface area contributed by atoms with Crippen LogP contribution in [-0.2, 0) is 6.54 Å². The van der Waals surface area contributed by atoms with Gasteiger partial charge < -0.3 is 16.0 Å². The van der Waals surface area contributed by atoms with Gasteiger partial charge >= 0.3 is 6.03 Å². The highest BCUT2D eigenvalue weighted by Gasteiger charge is 2.13. The van der Waals surface area contributed by atoms with Gasteiger partial charge in [-0.1, -0.05) is 0 Å². The second kappa shape index (κ2) is 6.73. The molecule has 7 heteroatoms. The minimum absolute atomic E-state index is 0.0786. The van der Waals surface area contributed by atoms with E-state index in [-0.39, 0.29) is 5.91 Å². The predicted octanol–water partition coefficient (Wildman–Crippen LogP) is 3.27. The molecule has 110 valence electrons. The molecule has 5 nitrogen and oxygen atoms in total. The molecule has 3 N–H and O–H groups in total. The maximum absolute atomic E-state index is 12.3. The van der Waals surface area contributed by atoms with Gasteiger partial charge in [0, 0.05) is 23.2 Å². The van der Waals surface area contributed by atoms with Crippen LogP contribution in [0.25, 0.3) is 0 Å². The average molecular weight is 368 g/mol. The molecule has 0 aliphatic heterocycles. The summed E-state index contributed by atoms with van der Waals surface area (Å²) in [7, 11) is 1.76. The van der Waals surface area contributed by atoms with Crippen LogP contribution in [0.3, 0.4) is 0 Å². The number of halogens is 1. The Hall–Kier alpha value is -1.86. The molecule has 2 rings (SSSR count). The molecule has 21 heavy (non-hydrogen) atoms. The molecule has 1 aromatic carbocycles. The van der Waals surface area contributed by atoms with Gasteiger partial charge in [0.05, 0.1) is 10.3 Å². The molecule has 0 atom stereocenters. The Bertz CT molecular complexity index is 654. The number of anilines is 1. The zero-order chi connectivity index (χ0) is 15.4. The molecule has 0 spiro atoms. The summed E-state index contributed by atoms with van der Waals surface area (Å²) < 4.78 is 1.04. The number of urea groups is 1. The standard InChI is InChI=1S/C14H14BrN3O2S/c1-18(8-11-6-7-12(15)21-11)13(19)9-2-4-10(5-3-9)17-14(16)20/h2-7H,8H2,1H3,(H3,16,17,20). The molecule has 3 amide bonds. The number of benzene rings is 1. The Morgan fingerprint density at radius 1 is 1.24 bits per heavy atom. The molecule has 1 heterocycles. The topological polar surface area (TPSA) is 75.4 Å². The van der Waals surface area contributed by atoms with E-state index >= 15 is 0 Å². The van der Waals surface area contributed by atoms with Crippen molar-refractivity contribution >= 4 is 44.9 Å². The first-order valence-corrected chi connectivity index (χ1v) is 7.73. The van der Waals surface area contributed by atoms with Crippen LogP contribution in [0.5, 0.6) is 0 Å². The van der Waals surface area contributed by atoms with Gasteiger partial charge in [-0.15, -0.1) is 11.3 Å². The van der Waals surface area contributed by atoms with Crippen LogP contribution >= 0.6 is 27.3 Å². The lowest BCUT2D eigenvalue weighted by molar-refractivity contribution is 0.0786. The van der Waals surface area contributed by atoms with Gasteiger partial charge in [0.25, 0.3) is 5.91 Å². The molecule has 2 aromatic rings. The molecule has 0 aliphatic carbocycles. The minimum Gasteiger partial charge on any atom is -0.351 e. The molecule has 0 unspecified atom stereocenters. The molecule has 0 radical (unpaired) electrons. The van der Waals surface area contributed by atoms with Gasteiger partial charge in [0.15, 0.2) is 0 Å². The van der Waals surface area contributed by atoms with Gasteiger partial charge in [-0.2, -0.15) is 0 Å². The van der Waals surface area contributed by atoms with Crippen molar-refractivity contribution in [1.82, 2.24) is 4.90 Å². The third-order valence-corrected chi connectivity index (χ3v) is 4.38. The van der Waals surface area contributed by atoms with Crippen LogP contribution in [-0.4, -0.2) is 23.9 Å². The highest BCUT2D eigenvalue weighted by Crippen LogP contribution is 2.23. The number of hydrogen-bond acceptors (Lipinski definition) is 3. The zero-order valence-corrected chi connectivity index (χ0v) is 13.7. The van der Waals surface area contributed by atoms with Crippen molar-refractivity contribution in [3.8, 4) is 0 Å². The molecule has 0 saturated carbocycles. The van der Waals surface area contributed by atoms with E-state index in [0.717, 1.165) is 8.66 Å².